The number of sulfonamides is 1. The lowest BCUT2D eigenvalue weighted by Crippen LogP contribution is -2.40. The van der Waals surface area contributed by atoms with E-state index in [9.17, 15) is 22.8 Å². The van der Waals surface area contributed by atoms with Crippen molar-refractivity contribution in [3.8, 4) is 0 Å². The van der Waals surface area contributed by atoms with Gasteiger partial charge in [0.05, 0.1) is 11.4 Å². The number of hydrogen-bond acceptors (Lipinski definition) is 6. The zero-order valence-corrected chi connectivity index (χ0v) is 16.2. The van der Waals surface area contributed by atoms with Gasteiger partial charge in [0, 0.05) is 6.42 Å². The molecule has 27 heavy (non-hydrogen) atoms. The van der Waals surface area contributed by atoms with E-state index in [0.717, 1.165) is 24.0 Å². The Morgan fingerprint density at radius 3 is 2.56 bits per heavy atom. The molecule has 2 N–H and O–H groups in total. The van der Waals surface area contributed by atoms with E-state index < -0.39 is 41.1 Å². The molecule has 1 aliphatic carbocycles. The molecule has 0 aliphatic heterocycles. The Hall–Kier alpha value is -2.26. The normalized spacial score (nSPS) is 17.4. The lowest BCUT2D eigenvalue weighted by Gasteiger charge is -2.20. The van der Waals surface area contributed by atoms with E-state index in [2.05, 4.69) is 10.0 Å². The molecule has 0 bridgehead atoms. The Bertz CT molecular complexity index is 834. The fourth-order valence-corrected chi connectivity index (χ4v) is 3.70. The monoisotopic (exact) mass is 396 g/mol. The van der Waals surface area contributed by atoms with Gasteiger partial charge in [-0.1, -0.05) is 6.07 Å². The zero-order valence-electron chi connectivity index (χ0n) is 15.4. The fraction of sp³-hybridized carbons (Fsp3) is 0.500. The van der Waals surface area contributed by atoms with Crippen molar-refractivity contribution in [2.24, 2.45) is 0 Å². The highest BCUT2D eigenvalue weighted by atomic mass is 32.2. The molecular formula is C18H24N2O6S. The van der Waals surface area contributed by atoms with Gasteiger partial charge >= 0.3 is 5.97 Å². The SMILES string of the molecule is Cc1ccc(S(=O)(=O)NCC(=O)NCC(=O)O[C@H]2CCCCC2=O)cc1C. The van der Waals surface area contributed by atoms with Gasteiger partial charge in [-0.3, -0.25) is 14.4 Å². The molecule has 8 nitrogen and oxygen atoms in total. The van der Waals surface area contributed by atoms with Crippen molar-refractivity contribution in [2.75, 3.05) is 13.1 Å². The van der Waals surface area contributed by atoms with Crippen LogP contribution >= 0.6 is 0 Å². The van der Waals surface area contributed by atoms with Gasteiger partial charge in [-0.15, -0.1) is 0 Å². The maximum Gasteiger partial charge on any atom is 0.326 e. The molecule has 0 unspecified atom stereocenters. The molecular weight excluding hydrogens is 372 g/mol. The van der Waals surface area contributed by atoms with Gasteiger partial charge in [0.1, 0.15) is 6.54 Å². The molecule has 1 fully saturated rings. The van der Waals surface area contributed by atoms with Gasteiger partial charge in [-0.2, -0.15) is 0 Å². The minimum Gasteiger partial charge on any atom is -0.453 e. The van der Waals surface area contributed by atoms with E-state index in [1.165, 1.54) is 12.1 Å². The molecule has 1 aromatic carbocycles. The lowest BCUT2D eigenvalue weighted by atomic mass is 9.96. The Morgan fingerprint density at radius 2 is 1.89 bits per heavy atom. The number of rotatable bonds is 7. The molecule has 0 saturated heterocycles. The van der Waals surface area contributed by atoms with E-state index >= 15 is 0 Å². The standard InChI is InChI=1S/C18H24N2O6S/c1-12-7-8-14(9-13(12)2)27(24,25)20-10-17(22)19-11-18(23)26-16-6-4-3-5-15(16)21/h7-9,16,20H,3-6,10-11H2,1-2H3,(H,19,22)/t16-/m0/s1. The molecule has 0 heterocycles. The minimum absolute atomic E-state index is 0.0635. The predicted octanol–water partition coefficient (Wildman–Crippen LogP) is 0.753. The maximum atomic E-state index is 12.2. The molecule has 9 heteroatoms. The summed E-state index contributed by atoms with van der Waals surface area (Å²) >= 11 is 0. The van der Waals surface area contributed by atoms with Crippen LogP contribution in [0.2, 0.25) is 0 Å². The van der Waals surface area contributed by atoms with Crippen molar-refractivity contribution >= 4 is 27.7 Å². The summed E-state index contributed by atoms with van der Waals surface area (Å²) in [5.74, 6) is -1.50. The van der Waals surface area contributed by atoms with Crippen LogP contribution in [-0.4, -0.2) is 45.3 Å². The summed E-state index contributed by atoms with van der Waals surface area (Å²) in [6.45, 7) is 2.73. The van der Waals surface area contributed by atoms with E-state index in [4.69, 9.17) is 4.74 Å². The van der Waals surface area contributed by atoms with Gasteiger partial charge in [0.25, 0.3) is 0 Å². The van der Waals surface area contributed by atoms with E-state index in [0.29, 0.717) is 12.8 Å². The van der Waals surface area contributed by atoms with E-state index in [1.54, 1.807) is 13.0 Å². The zero-order chi connectivity index (χ0) is 20.0. The average Bonchev–Trinajstić information content (AvgIpc) is 2.62. The molecule has 148 valence electrons. The topological polar surface area (TPSA) is 119 Å². The first-order chi connectivity index (χ1) is 12.7. The van der Waals surface area contributed by atoms with Crippen LogP contribution in [0.3, 0.4) is 0 Å². The van der Waals surface area contributed by atoms with Crippen LogP contribution in [0.4, 0.5) is 0 Å². The molecule has 2 rings (SSSR count). The highest BCUT2D eigenvalue weighted by Gasteiger charge is 2.25. The van der Waals surface area contributed by atoms with Crippen molar-refractivity contribution in [1.82, 2.24) is 10.0 Å². The molecule has 1 aliphatic rings. The first-order valence-electron chi connectivity index (χ1n) is 8.75. The van der Waals surface area contributed by atoms with Crippen LogP contribution in [0.25, 0.3) is 0 Å². The minimum atomic E-state index is -3.83. The fourth-order valence-electron chi connectivity index (χ4n) is 2.63. The second-order valence-corrected chi connectivity index (χ2v) is 8.30. The molecule has 0 spiro atoms. The smallest absolute Gasteiger partial charge is 0.326 e. The Labute approximate surface area is 158 Å². The van der Waals surface area contributed by atoms with Crippen molar-refractivity contribution in [1.29, 1.82) is 0 Å². The maximum absolute atomic E-state index is 12.2. The first kappa shape index (κ1) is 21.0. The Balaban J connectivity index is 1.78. The lowest BCUT2D eigenvalue weighted by molar-refractivity contribution is -0.156. The van der Waals surface area contributed by atoms with Gasteiger partial charge in [0.2, 0.25) is 15.9 Å². The number of Topliss-reactive ketones (excluding diaryl/α,β-unsaturated/α-hetero) is 1. The molecule has 1 saturated carbocycles. The number of ketones is 1. The molecule has 1 atom stereocenters. The quantitative estimate of drug-likeness (QED) is 0.657. The molecule has 1 aromatic rings. The van der Waals surface area contributed by atoms with Gasteiger partial charge in [-0.05, 0) is 56.4 Å². The number of aryl methyl sites for hydroxylation is 2. The largest absolute Gasteiger partial charge is 0.453 e. The van der Waals surface area contributed by atoms with Crippen molar-refractivity contribution in [2.45, 2.75) is 50.5 Å². The van der Waals surface area contributed by atoms with Crippen molar-refractivity contribution < 1.29 is 27.5 Å². The summed E-state index contributed by atoms with van der Waals surface area (Å²) in [6, 6.07) is 4.67. The van der Waals surface area contributed by atoms with Crippen LogP contribution < -0.4 is 10.0 Å². The number of benzene rings is 1. The highest BCUT2D eigenvalue weighted by molar-refractivity contribution is 7.89. The number of carbonyl (C=O) groups is 3. The molecule has 0 radical (unpaired) electrons. The van der Waals surface area contributed by atoms with Gasteiger partial charge < -0.3 is 10.1 Å². The van der Waals surface area contributed by atoms with Gasteiger partial charge in [0.15, 0.2) is 11.9 Å². The third-order valence-corrected chi connectivity index (χ3v) is 5.81. The Morgan fingerprint density at radius 1 is 1.15 bits per heavy atom. The van der Waals surface area contributed by atoms with Crippen LogP contribution in [0.15, 0.2) is 23.1 Å². The van der Waals surface area contributed by atoms with E-state index in [1.807, 2.05) is 6.92 Å². The van der Waals surface area contributed by atoms with Crippen LogP contribution in [0.5, 0.6) is 0 Å². The number of hydrogen-bond donors (Lipinski definition) is 2. The van der Waals surface area contributed by atoms with Crippen molar-refractivity contribution in [3.63, 3.8) is 0 Å². The van der Waals surface area contributed by atoms with Gasteiger partial charge in [-0.25, -0.2) is 13.1 Å². The number of ether oxygens (including phenoxy) is 1. The summed E-state index contributed by atoms with van der Waals surface area (Å²) < 4.78 is 31.7. The Kier molecular flexibility index (Phi) is 7.09. The third kappa shape index (κ3) is 6.14. The third-order valence-electron chi connectivity index (χ3n) is 4.41. The average molecular weight is 396 g/mol. The summed E-state index contributed by atoms with van der Waals surface area (Å²) in [5.41, 5.74) is 1.78. The van der Waals surface area contributed by atoms with Crippen LogP contribution in [0, 0.1) is 13.8 Å². The summed E-state index contributed by atoms with van der Waals surface area (Å²) in [5, 5.41) is 2.28. The summed E-state index contributed by atoms with van der Waals surface area (Å²) in [7, 11) is -3.83. The summed E-state index contributed by atoms with van der Waals surface area (Å²) in [4.78, 5) is 35.2. The van der Waals surface area contributed by atoms with Crippen molar-refractivity contribution in [3.05, 3.63) is 29.3 Å². The van der Waals surface area contributed by atoms with Crippen LogP contribution in [-0.2, 0) is 29.1 Å². The van der Waals surface area contributed by atoms with E-state index in [-0.39, 0.29) is 10.7 Å². The number of carbonyl (C=O) groups excluding carboxylic acids is 3. The summed E-state index contributed by atoms with van der Waals surface area (Å²) in [6.07, 6.45) is 1.76. The second-order valence-electron chi connectivity index (χ2n) is 6.54. The number of esters is 1. The number of amides is 1. The molecule has 0 aromatic heterocycles. The predicted molar refractivity (Wildman–Crippen MR) is 97.5 cm³/mol. The molecule has 1 amide bonds. The highest BCUT2D eigenvalue weighted by Crippen LogP contribution is 2.17. The first-order valence-corrected chi connectivity index (χ1v) is 10.2. The second kappa shape index (κ2) is 9.09. The van der Waals surface area contributed by atoms with Crippen LogP contribution in [0.1, 0.15) is 36.8 Å². The number of nitrogens with one attached hydrogen (secondary N) is 2.